The number of ether oxygens (including phenoxy) is 2. The van der Waals surface area contributed by atoms with Gasteiger partial charge in [-0.25, -0.2) is 4.79 Å². The van der Waals surface area contributed by atoms with E-state index < -0.39 is 5.63 Å². The quantitative estimate of drug-likeness (QED) is 0.535. The van der Waals surface area contributed by atoms with Crippen LogP contribution in [0.15, 0.2) is 57.7 Å². The van der Waals surface area contributed by atoms with Crippen LogP contribution in [0.2, 0.25) is 0 Å². The van der Waals surface area contributed by atoms with Crippen molar-refractivity contribution >= 4 is 17.3 Å². The van der Waals surface area contributed by atoms with Crippen LogP contribution in [0, 0.1) is 0 Å². The summed E-state index contributed by atoms with van der Waals surface area (Å²) >= 11 is 0. The molecular formula is C18H14O5. The lowest BCUT2D eigenvalue weighted by Gasteiger charge is -2.09. The smallest absolute Gasteiger partial charge is 0.336 e. The molecule has 116 valence electrons. The minimum absolute atomic E-state index is 0.217. The first-order chi connectivity index (χ1) is 11.2. The summed E-state index contributed by atoms with van der Waals surface area (Å²) in [7, 11) is 1.55. The van der Waals surface area contributed by atoms with E-state index in [1.54, 1.807) is 43.5 Å². The van der Waals surface area contributed by atoms with Crippen molar-refractivity contribution < 1.29 is 18.7 Å². The highest BCUT2D eigenvalue weighted by molar-refractivity contribution is 5.81. The lowest BCUT2D eigenvalue weighted by molar-refractivity contribution is 0.112. The molecule has 3 aromatic rings. The van der Waals surface area contributed by atoms with Crippen LogP contribution in [0.4, 0.5) is 0 Å². The van der Waals surface area contributed by atoms with Crippen molar-refractivity contribution in [3.05, 3.63) is 70.1 Å². The molecule has 1 heterocycles. The third kappa shape index (κ3) is 3.23. The van der Waals surface area contributed by atoms with Crippen molar-refractivity contribution in [1.82, 2.24) is 0 Å². The summed E-state index contributed by atoms with van der Waals surface area (Å²) in [6.07, 6.45) is 0.771. The van der Waals surface area contributed by atoms with Crippen LogP contribution in [-0.4, -0.2) is 13.4 Å². The zero-order valence-corrected chi connectivity index (χ0v) is 12.4. The highest BCUT2D eigenvalue weighted by Crippen LogP contribution is 2.23. The van der Waals surface area contributed by atoms with Crippen LogP contribution in [0.5, 0.6) is 11.5 Å². The van der Waals surface area contributed by atoms with Crippen molar-refractivity contribution in [3.63, 3.8) is 0 Å². The van der Waals surface area contributed by atoms with Crippen molar-refractivity contribution in [2.24, 2.45) is 0 Å². The van der Waals surface area contributed by atoms with E-state index in [-0.39, 0.29) is 6.61 Å². The summed E-state index contributed by atoms with van der Waals surface area (Å²) in [5.74, 6) is 1.23. The molecule has 0 saturated carbocycles. The second-order valence-corrected chi connectivity index (χ2v) is 4.93. The van der Waals surface area contributed by atoms with Crippen molar-refractivity contribution in [3.8, 4) is 11.5 Å². The van der Waals surface area contributed by atoms with Gasteiger partial charge in [-0.3, -0.25) is 4.79 Å². The van der Waals surface area contributed by atoms with Gasteiger partial charge in [-0.1, -0.05) is 0 Å². The molecule has 5 nitrogen and oxygen atoms in total. The predicted octanol–water partition coefficient (Wildman–Crippen LogP) is 3.19. The number of hydrogen-bond acceptors (Lipinski definition) is 5. The van der Waals surface area contributed by atoms with Crippen LogP contribution >= 0.6 is 0 Å². The molecule has 23 heavy (non-hydrogen) atoms. The number of methoxy groups -OCH3 is 1. The molecule has 0 unspecified atom stereocenters. The summed E-state index contributed by atoms with van der Waals surface area (Å²) in [6, 6.07) is 13.5. The summed E-state index contributed by atoms with van der Waals surface area (Å²) in [5, 5.41) is 0.787. The van der Waals surface area contributed by atoms with Crippen LogP contribution in [-0.2, 0) is 6.61 Å². The van der Waals surface area contributed by atoms with Crippen LogP contribution in [0.3, 0.4) is 0 Å². The van der Waals surface area contributed by atoms with Gasteiger partial charge in [0, 0.05) is 28.6 Å². The first kappa shape index (κ1) is 14.8. The lowest BCUT2D eigenvalue weighted by Crippen LogP contribution is -2.04. The summed E-state index contributed by atoms with van der Waals surface area (Å²) < 4.78 is 16.0. The van der Waals surface area contributed by atoms with Gasteiger partial charge in [0.15, 0.2) is 0 Å². The lowest BCUT2D eigenvalue weighted by atomic mass is 10.1. The Kier molecular flexibility index (Phi) is 4.10. The van der Waals surface area contributed by atoms with Gasteiger partial charge in [-0.05, 0) is 36.4 Å². The maximum Gasteiger partial charge on any atom is 0.336 e. The Morgan fingerprint density at radius 1 is 1.04 bits per heavy atom. The van der Waals surface area contributed by atoms with Crippen LogP contribution in [0.25, 0.3) is 11.0 Å². The zero-order chi connectivity index (χ0) is 16.2. The molecule has 0 aliphatic carbocycles. The normalized spacial score (nSPS) is 10.5. The molecule has 0 spiro atoms. The Labute approximate surface area is 132 Å². The Balaban J connectivity index is 1.89. The Bertz CT molecular complexity index is 893. The number of benzene rings is 2. The fraction of sp³-hybridized carbons (Fsp3) is 0.111. The van der Waals surface area contributed by atoms with E-state index in [2.05, 4.69) is 0 Å². The van der Waals surface area contributed by atoms with Gasteiger partial charge >= 0.3 is 5.63 Å². The van der Waals surface area contributed by atoms with Gasteiger partial charge in [-0.2, -0.15) is 0 Å². The number of rotatable bonds is 5. The third-order valence-electron chi connectivity index (χ3n) is 3.45. The van der Waals surface area contributed by atoms with E-state index in [1.807, 2.05) is 6.07 Å². The summed E-state index contributed by atoms with van der Waals surface area (Å²) in [4.78, 5) is 22.3. The maximum absolute atomic E-state index is 11.7. The zero-order valence-electron chi connectivity index (χ0n) is 12.4. The molecular weight excluding hydrogens is 296 g/mol. The molecule has 5 heteroatoms. The minimum Gasteiger partial charge on any atom is -0.497 e. The second kappa shape index (κ2) is 6.36. The molecule has 0 aliphatic heterocycles. The summed E-state index contributed by atoms with van der Waals surface area (Å²) in [6.45, 7) is 0.217. The monoisotopic (exact) mass is 310 g/mol. The van der Waals surface area contributed by atoms with Gasteiger partial charge in [0.25, 0.3) is 0 Å². The molecule has 3 rings (SSSR count). The van der Waals surface area contributed by atoms with E-state index >= 15 is 0 Å². The summed E-state index contributed by atoms with van der Waals surface area (Å²) in [5.41, 5.74) is 1.31. The second-order valence-electron chi connectivity index (χ2n) is 4.93. The van der Waals surface area contributed by atoms with E-state index in [1.165, 1.54) is 6.07 Å². The van der Waals surface area contributed by atoms with Crippen LogP contribution in [0.1, 0.15) is 15.9 Å². The van der Waals surface area contributed by atoms with Crippen molar-refractivity contribution in [2.45, 2.75) is 6.61 Å². The molecule has 0 aliphatic rings. The number of fused-ring (bicyclic) bond motifs is 1. The first-order valence-corrected chi connectivity index (χ1v) is 6.98. The number of carbonyl (C=O) groups excluding carboxylic acids is 1. The largest absolute Gasteiger partial charge is 0.497 e. The Morgan fingerprint density at radius 3 is 2.48 bits per heavy atom. The van der Waals surface area contributed by atoms with E-state index in [4.69, 9.17) is 13.9 Å². The fourth-order valence-corrected chi connectivity index (χ4v) is 2.26. The Hall–Kier alpha value is -3.08. The standard InChI is InChI=1S/C18H14O5/c1-21-15-6-7-16-13(8-18(20)23-17(16)9-15)11-22-14-4-2-12(10-19)3-5-14/h2-10H,11H2,1H3. The number of hydrogen-bond donors (Lipinski definition) is 0. The van der Waals surface area contributed by atoms with Gasteiger partial charge in [0.2, 0.25) is 0 Å². The predicted molar refractivity (Wildman–Crippen MR) is 85.2 cm³/mol. The van der Waals surface area contributed by atoms with Gasteiger partial charge in [-0.15, -0.1) is 0 Å². The van der Waals surface area contributed by atoms with Gasteiger partial charge < -0.3 is 13.9 Å². The van der Waals surface area contributed by atoms with E-state index in [9.17, 15) is 9.59 Å². The first-order valence-electron chi connectivity index (χ1n) is 6.98. The average Bonchev–Trinajstić information content (AvgIpc) is 2.59. The average molecular weight is 310 g/mol. The SMILES string of the molecule is COc1ccc2c(COc3ccc(C=O)cc3)cc(=O)oc2c1. The number of aldehydes is 1. The molecule has 0 N–H and O–H groups in total. The Morgan fingerprint density at radius 2 is 1.78 bits per heavy atom. The third-order valence-corrected chi connectivity index (χ3v) is 3.45. The molecule has 0 radical (unpaired) electrons. The molecule has 2 aromatic carbocycles. The van der Waals surface area contributed by atoms with Gasteiger partial charge in [0.05, 0.1) is 7.11 Å². The molecule has 1 aromatic heterocycles. The van der Waals surface area contributed by atoms with Crippen molar-refractivity contribution in [2.75, 3.05) is 7.11 Å². The molecule has 0 amide bonds. The van der Waals surface area contributed by atoms with E-state index in [0.29, 0.717) is 22.6 Å². The highest BCUT2D eigenvalue weighted by atomic mass is 16.5. The topological polar surface area (TPSA) is 65.7 Å². The molecule has 0 bridgehead atoms. The number of carbonyl (C=O) groups is 1. The van der Waals surface area contributed by atoms with Crippen molar-refractivity contribution in [1.29, 1.82) is 0 Å². The minimum atomic E-state index is -0.444. The van der Waals surface area contributed by atoms with Gasteiger partial charge in [0.1, 0.15) is 30.0 Å². The molecule has 0 atom stereocenters. The highest BCUT2D eigenvalue weighted by Gasteiger charge is 2.08. The fourth-order valence-electron chi connectivity index (χ4n) is 2.26. The molecule has 0 fully saturated rings. The maximum atomic E-state index is 11.7. The molecule has 0 saturated heterocycles. The van der Waals surface area contributed by atoms with Crippen LogP contribution < -0.4 is 15.1 Å². The van der Waals surface area contributed by atoms with E-state index in [0.717, 1.165) is 17.2 Å².